The first-order valence-electron chi connectivity index (χ1n) is 9.62. The maximum atomic E-state index is 13.1. The summed E-state index contributed by atoms with van der Waals surface area (Å²) in [5.74, 6) is 0.725. The fourth-order valence-corrected chi connectivity index (χ4v) is 3.20. The Morgan fingerprint density at radius 2 is 1.93 bits per heavy atom. The fraction of sp³-hybridized carbons (Fsp3) is 0.348. The second-order valence-electron chi connectivity index (χ2n) is 8.08. The molecule has 7 heteroatoms. The zero-order valence-corrected chi connectivity index (χ0v) is 18.1. The number of amides is 1. The number of nitrogens with zero attached hydrogens (tertiary/aromatic N) is 2. The normalized spacial score (nSPS) is 11.4. The third-order valence-corrected chi connectivity index (χ3v) is 4.63. The number of carbonyl (C=O) groups is 1. The number of hydrogen-bond acceptors (Lipinski definition) is 6. The number of benzene rings is 1. The third-order valence-electron chi connectivity index (χ3n) is 4.63. The van der Waals surface area contributed by atoms with E-state index in [0.29, 0.717) is 22.4 Å². The lowest BCUT2D eigenvalue weighted by molar-refractivity contribution is 0.0577. The molecule has 0 radical (unpaired) electrons. The van der Waals surface area contributed by atoms with Crippen molar-refractivity contribution in [2.45, 2.75) is 46.8 Å². The number of ether oxygens (including phenoxy) is 2. The number of methoxy groups -OCH3 is 1. The summed E-state index contributed by atoms with van der Waals surface area (Å²) in [5, 5.41) is 0.384. The molecular formula is C23H26N2O5. The van der Waals surface area contributed by atoms with Gasteiger partial charge in [0.1, 0.15) is 16.9 Å². The Labute approximate surface area is 175 Å². The van der Waals surface area contributed by atoms with Gasteiger partial charge in [-0.2, -0.15) is 0 Å². The molecule has 0 unspecified atom stereocenters. The molecule has 0 spiro atoms. The quantitative estimate of drug-likeness (QED) is 0.617. The molecule has 0 N–H and O–H groups in total. The first kappa shape index (κ1) is 21.4. The van der Waals surface area contributed by atoms with Crippen molar-refractivity contribution in [1.29, 1.82) is 0 Å². The Balaban J connectivity index is 2.09. The maximum absolute atomic E-state index is 13.1. The zero-order valence-electron chi connectivity index (χ0n) is 18.1. The lowest BCUT2D eigenvalue weighted by Gasteiger charge is -2.28. The minimum Gasteiger partial charge on any atom is -0.496 e. The van der Waals surface area contributed by atoms with Crippen molar-refractivity contribution >= 4 is 22.7 Å². The first-order chi connectivity index (χ1) is 14.1. The van der Waals surface area contributed by atoms with Gasteiger partial charge in [0, 0.05) is 29.1 Å². The van der Waals surface area contributed by atoms with Gasteiger partial charge in [-0.15, -0.1) is 0 Å². The van der Waals surface area contributed by atoms with Crippen molar-refractivity contribution in [3.05, 3.63) is 63.8 Å². The number of aryl methyl sites for hydroxylation is 1. The molecule has 0 aliphatic carbocycles. The summed E-state index contributed by atoms with van der Waals surface area (Å²) in [6.45, 7) is 9.37. The van der Waals surface area contributed by atoms with Crippen molar-refractivity contribution in [3.8, 4) is 5.75 Å². The van der Waals surface area contributed by atoms with Gasteiger partial charge in [0.2, 0.25) is 0 Å². The van der Waals surface area contributed by atoms with Crippen LogP contribution >= 0.6 is 0 Å². The Morgan fingerprint density at radius 3 is 2.60 bits per heavy atom. The third kappa shape index (κ3) is 4.45. The van der Waals surface area contributed by atoms with Gasteiger partial charge in [0.15, 0.2) is 5.43 Å². The van der Waals surface area contributed by atoms with Crippen LogP contribution in [0.1, 0.15) is 37.6 Å². The monoisotopic (exact) mass is 410 g/mol. The molecule has 30 heavy (non-hydrogen) atoms. The fourth-order valence-electron chi connectivity index (χ4n) is 3.20. The van der Waals surface area contributed by atoms with Crippen LogP contribution in [-0.4, -0.2) is 23.8 Å². The summed E-state index contributed by atoms with van der Waals surface area (Å²) in [6, 6.07) is 6.36. The van der Waals surface area contributed by atoms with Gasteiger partial charge in [-0.1, -0.05) is 0 Å². The number of pyridine rings is 1. The number of carbonyl (C=O) groups excluding carboxylic acids is 1. The van der Waals surface area contributed by atoms with E-state index in [1.165, 1.54) is 17.2 Å². The molecule has 0 saturated carbocycles. The molecule has 1 aromatic carbocycles. The molecule has 0 bridgehead atoms. The summed E-state index contributed by atoms with van der Waals surface area (Å²) in [7, 11) is 1.60. The van der Waals surface area contributed by atoms with Crippen LogP contribution in [0.4, 0.5) is 10.5 Å². The van der Waals surface area contributed by atoms with E-state index in [2.05, 4.69) is 4.98 Å². The van der Waals surface area contributed by atoms with Gasteiger partial charge in [-0.3, -0.25) is 14.7 Å². The van der Waals surface area contributed by atoms with Gasteiger partial charge < -0.3 is 13.9 Å². The molecule has 0 atom stereocenters. The Morgan fingerprint density at radius 1 is 1.20 bits per heavy atom. The highest BCUT2D eigenvalue weighted by Gasteiger charge is 2.26. The number of hydrogen-bond donors (Lipinski definition) is 0. The molecule has 0 aliphatic rings. The maximum Gasteiger partial charge on any atom is 0.415 e. The summed E-state index contributed by atoms with van der Waals surface area (Å²) >= 11 is 0. The highest BCUT2D eigenvalue weighted by molar-refractivity contribution is 5.91. The van der Waals surface area contributed by atoms with E-state index < -0.39 is 11.7 Å². The number of fused-ring (bicyclic) bond motifs is 1. The van der Waals surface area contributed by atoms with E-state index in [0.717, 1.165) is 16.9 Å². The lowest BCUT2D eigenvalue weighted by Crippen LogP contribution is -2.37. The molecule has 0 aliphatic heterocycles. The van der Waals surface area contributed by atoms with Crippen LogP contribution in [0.2, 0.25) is 0 Å². The SMILES string of the molecule is COc1c(C)cnc(CN(C(=O)OC(C)(C)C)c2ccc3occc(=O)c3c2)c1C. The van der Waals surface area contributed by atoms with Crippen molar-refractivity contribution in [1.82, 2.24) is 4.98 Å². The summed E-state index contributed by atoms with van der Waals surface area (Å²) in [6.07, 6.45) is 2.52. The van der Waals surface area contributed by atoms with E-state index in [-0.39, 0.29) is 12.0 Å². The number of rotatable bonds is 4. The molecule has 3 rings (SSSR count). The Kier molecular flexibility index (Phi) is 5.82. The second kappa shape index (κ2) is 8.18. The average Bonchev–Trinajstić information content (AvgIpc) is 2.66. The molecule has 158 valence electrons. The number of anilines is 1. The van der Waals surface area contributed by atoms with Gasteiger partial charge in [-0.05, 0) is 52.8 Å². The van der Waals surface area contributed by atoms with Gasteiger partial charge in [0.05, 0.1) is 31.0 Å². The van der Waals surface area contributed by atoms with Crippen LogP contribution in [0.15, 0.2) is 45.9 Å². The average molecular weight is 410 g/mol. The molecule has 0 fully saturated rings. The van der Waals surface area contributed by atoms with E-state index in [4.69, 9.17) is 13.9 Å². The lowest BCUT2D eigenvalue weighted by atomic mass is 10.1. The summed E-state index contributed by atoms with van der Waals surface area (Å²) in [4.78, 5) is 31.3. The van der Waals surface area contributed by atoms with Gasteiger partial charge in [0.25, 0.3) is 0 Å². The van der Waals surface area contributed by atoms with E-state index >= 15 is 0 Å². The standard InChI is InChI=1S/C23H26N2O5/c1-14-12-24-18(15(2)21(14)28-6)13-25(22(27)30-23(3,4)5)16-7-8-20-17(11-16)19(26)9-10-29-20/h7-12H,13H2,1-6H3. The molecule has 1 amide bonds. The topological polar surface area (TPSA) is 81.9 Å². The van der Waals surface area contributed by atoms with Crippen LogP contribution < -0.4 is 15.1 Å². The summed E-state index contributed by atoms with van der Waals surface area (Å²) in [5.41, 5.74) is 2.51. The van der Waals surface area contributed by atoms with Crippen molar-refractivity contribution in [2.75, 3.05) is 12.0 Å². The van der Waals surface area contributed by atoms with Crippen LogP contribution in [-0.2, 0) is 11.3 Å². The Bertz CT molecular complexity index is 1140. The van der Waals surface area contributed by atoms with Crippen molar-refractivity contribution < 1.29 is 18.7 Å². The molecule has 2 aromatic heterocycles. The predicted molar refractivity (Wildman–Crippen MR) is 115 cm³/mol. The molecule has 3 aromatic rings. The second-order valence-corrected chi connectivity index (χ2v) is 8.08. The highest BCUT2D eigenvalue weighted by atomic mass is 16.6. The highest BCUT2D eigenvalue weighted by Crippen LogP contribution is 2.28. The first-order valence-corrected chi connectivity index (χ1v) is 9.62. The van der Waals surface area contributed by atoms with Gasteiger partial charge in [-0.25, -0.2) is 4.79 Å². The molecule has 7 nitrogen and oxygen atoms in total. The van der Waals surface area contributed by atoms with E-state index in [9.17, 15) is 9.59 Å². The number of aromatic nitrogens is 1. The summed E-state index contributed by atoms with van der Waals surface area (Å²) < 4.78 is 16.5. The smallest absolute Gasteiger partial charge is 0.415 e. The largest absolute Gasteiger partial charge is 0.496 e. The molecule has 0 saturated heterocycles. The predicted octanol–water partition coefficient (Wildman–Crippen LogP) is 4.76. The van der Waals surface area contributed by atoms with Crippen LogP contribution in [0, 0.1) is 13.8 Å². The van der Waals surface area contributed by atoms with Crippen LogP contribution in [0.5, 0.6) is 5.75 Å². The van der Waals surface area contributed by atoms with Crippen LogP contribution in [0.25, 0.3) is 11.0 Å². The molecule has 2 heterocycles. The zero-order chi connectivity index (χ0) is 22.1. The van der Waals surface area contributed by atoms with Crippen molar-refractivity contribution in [2.24, 2.45) is 0 Å². The Hall–Kier alpha value is -3.35. The van der Waals surface area contributed by atoms with E-state index in [1.807, 2.05) is 13.8 Å². The minimum absolute atomic E-state index is 0.154. The van der Waals surface area contributed by atoms with Gasteiger partial charge >= 0.3 is 6.09 Å². The minimum atomic E-state index is -0.682. The van der Waals surface area contributed by atoms with Crippen molar-refractivity contribution in [3.63, 3.8) is 0 Å². The van der Waals surface area contributed by atoms with Crippen LogP contribution in [0.3, 0.4) is 0 Å². The van der Waals surface area contributed by atoms with E-state index in [1.54, 1.807) is 52.3 Å². The molecular weight excluding hydrogens is 384 g/mol.